The van der Waals surface area contributed by atoms with Crippen LogP contribution in [0.4, 0.5) is 0 Å². The van der Waals surface area contributed by atoms with Crippen molar-refractivity contribution in [2.45, 2.75) is 51.7 Å². The molecule has 0 spiro atoms. The smallest absolute Gasteiger partial charge is 0.142 e. The number of ketones is 1. The molecule has 3 heteroatoms. The van der Waals surface area contributed by atoms with Crippen molar-refractivity contribution in [3.05, 3.63) is 0 Å². The number of thioether (sulfide) groups is 1. The average Bonchev–Trinajstić information content (AvgIpc) is 2.69. The van der Waals surface area contributed by atoms with Gasteiger partial charge in [0.05, 0.1) is 11.2 Å². The van der Waals surface area contributed by atoms with Crippen LogP contribution in [-0.4, -0.2) is 28.5 Å². The molecule has 2 heterocycles. The molecule has 2 nitrogen and oxygen atoms in total. The Balaban J connectivity index is 2.11. The predicted octanol–water partition coefficient (Wildman–Crippen LogP) is 2.90. The molecule has 16 heavy (non-hydrogen) atoms. The normalized spacial score (nSPS) is 36.5. The van der Waals surface area contributed by atoms with E-state index in [0.29, 0.717) is 5.78 Å². The van der Waals surface area contributed by atoms with Crippen LogP contribution in [0.15, 0.2) is 0 Å². The quantitative estimate of drug-likeness (QED) is 0.745. The standard InChI is InChI=1S/C13H22O2S/c1-12(2)7-10(13(3,4)15-12)11(14)9-5-6-16-8-9/h9-10H,5-8H2,1-4H3. The van der Waals surface area contributed by atoms with E-state index in [1.54, 1.807) is 0 Å². The van der Waals surface area contributed by atoms with Crippen LogP contribution in [0.25, 0.3) is 0 Å². The van der Waals surface area contributed by atoms with E-state index in [1.165, 1.54) is 0 Å². The van der Waals surface area contributed by atoms with Crippen molar-refractivity contribution in [1.29, 1.82) is 0 Å². The van der Waals surface area contributed by atoms with Crippen LogP contribution in [0, 0.1) is 11.8 Å². The van der Waals surface area contributed by atoms with E-state index in [1.807, 2.05) is 11.8 Å². The van der Waals surface area contributed by atoms with Crippen molar-refractivity contribution in [1.82, 2.24) is 0 Å². The highest BCUT2D eigenvalue weighted by Gasteiger charge is 2.50. The van der Waals surface area contributed by atoms with Gasteiger partial charge in [-0.2, -0.15) is 11.8 Å². The summed E-state index contributed by atoms with van der Waals surface area (Å²) in [4.78, 5) is 12.5. The number of Topliss-reactive ketones (excluding diaryl/α,β-unsaturated/α-hetero) is 1. The van der Waals surface area contributed by atoms with Gasteiger partial charge < -0.3 is 4.74 Å². The van der Waals surface area contributed by atoms with Crippen LogP contribution in [-0.2, 0) is 9.53 Å². The Morgan fingerprint density at radius 3 is 2.44 bits per heavy atom. The van der Waals surface area contributed by atoms with E-state index in [9.17, 15) is 4.79 Å². The number of hydrogen-bond donors (Lipinski definition) is 0. The molecule has 2 unspecified atom stereocenters. The van der Waals surface area contributed by atoms with Crippen molar-refractivity contribution in [3.8, 4) is 0 Å². The van der Waals surface area contributed by atoms with E-state index in [0.717, 1.165) is 24.3 Å². The monoisotopic (exact) mass is 242 g/mol. The summed E-state index contributed by atoms with van der Waals surface area (Å²) in [5.41, 5.74) is -0.427. The molecule has 0 N–H and O–H groups in total. The third-order valence-electron chi connectivity index (χ3n) is 3.75. The summed E-state index contributed by atoms with van der Waals surface area (Å²) in [5.74, 6) is 2.98. The molecule has 0 aromatic rings. The lowest BCUT2D eigenvalue weighted by molar-refractivity contribution is -0.132. The molecule has 92 valence electrons. The van der Waals surface area contributed by atoms with Gasteiger partial charge in [0.2, 0.25) is 0 Å². The maximum Gasteiger partial charge on any atom is 0.142 e. The second kappa shape index (κ2) is 4.02. The van der Waals surface area contributed by atoms with Gasteiger partial charge in [-0.05, 0) is 46.3 Å². The van der Waals surface area contributed by atoms with E-state index in [-0.39, 0.29) is 23.0 Å². The van der Waals surface area contributed by atoms with Crippen molar-refractivity contribution in [2.24, 2.45) is 11.8 Å². The first-order valence-electron chi connectivity index (χ1n) is 6.13. The maximum absolute atomic E-state index is 12.5. The van der Waals surface area contributed by atoms with Crippen LogP contribution >= 0.6 is 11.8 Å². The first-order valence-corrected chi connectivity index (χ1v) is 7.29. The van der Waals surface area contributed by atoms with Gasteiger partial charge in [0.15, 0.2) is 0 Å². The summed E-state index contributed by atoms with van der Waals surface area (Å²) in [7, 11) is 0. The average molecular weight is 242 g/mol. The lowest BCUT2D eigenvalue weighted by Gasteiger charge is -2.27. The maximum atomic E-state index is 12.5. The molecular formula is C13H22O2S. The fraction of sp³-hybridized carbons (Fsp3) is 0.923. The first kappa shape index (κ1) is 12.4. The molecule has 0 radical (unpaired) electrons. The lowest BCUT2D eigenvalue weighted by atomic mass is 9.79. The van der Waals surface area contributed by atoms with E-state index in [4.69, 9.17) is 4.74 Å². The molecule has 2 fully saturated rings. The molecule has 0 bridgehead atoms. The second-order valence-corrected chi connectivity index (χ2v) is 7.33. The van der Waals surface area contributed by atoms with Gasteiger partial charge in [-0.15, -0.1) is 0 Å². The highest BCUT2D eigenvalue weighted by Crippen LogP contribution is 2.44. The van der Waals surface area contributed by atoms with Crippen molar-refractivity contribution >= 4 is 17.5 Å². The Labute approximate surface area is 103 Å². The minimum atomic E-state index is -0.284. The Hall–Kier alpha value is -0.0200. The van der Waals surface area contributed by atoms with Crippen LogP contribution in [0.2, 0.25) is 0 Å². The molecule has 0 aromatic heterocycles. The van der Waals surface area contributed by atoms with Gasteiger partial charge in [0.1, 0.15) is 5.78 Å². The molecule has 0 saturated carbocycles. The van der Waals surface area contributed by atoms with Gasteiger partial charge in [0.25, 0.3) is 0 Å². The van der Waals surface area contributed by atoms with Gasteiger partial charge in [-0.3, -0.25) is 4.79 Å². The van der Waals surface area contributed by atoms with Crippen molar-refractivity contribution < 1.29 is 9.53 Å². The number of ether oxygens (including phenoxy) is 1. The zero-order chi connectivity index (χ0) is 12.0. The van der Waals surface area contributed by atoms with Crippen molar-refractivity contribution in [3.63, 3.8) is 0 Å². The predicted molar refractivity (Wildman–Crippen MR) is 67.8 cm³/mol. The van der Waals surface area contributed by atoms with Crippen LogP contribution in [0.5, 0.6) is 0 Å². The van der Waals surface area contributed by atoms with E-state index >= 15 is 0 Å². The van der Waals surface area contributed by atoms with Crippen molar-refractivity contribution in [2.75, 3.05) is 11.5 Å². The third-order valence-corrected chi connectivity index (χ3v) is 4.91. The molecule has 0 aromatic carbocycles. The Kier molecular flexibility index (Phi) is 3.13. The highest BCUT2D eigenvalue weighted by atomic mass is 32.2. The third kappa shape index (κ3) is 2.30. The largest absolute Gasteiger partial charge is 0.369 e. The highest BCUT2D eigenvalue weighted by molar-refractivity contribution is 7.99. The fourth-order valence-corrected chi connectivity index (χ4v) is 4.28. The number of hydrogen-bond acceptors (Lipinski definition) is 3. The molecule has 0 aliphatic carbocycles. The Morgan fingerprint density at radius 2 is 2.00 bits per heavy atom. The van der Waals surface area contributed by atoms with Crippen LogP contribution < -0.4 is 0 Å². The lowest BCUT2D eigenvalue weighted by Crippen LogP contribution is -2.36. The summed E-state index contributed by atoms with van der Waals surface area (Å²) in [6.07, 6.45) is 1.94. The summed E-state index contributed by atoms with van der Waals surface area (Å²) in [5, 5.41) is 0. The topological polar surface area (TPSA) is 26.3 Å². The van der Waals surface area contributed by atoms with Gasteiger partial charge in [-0.1, -0.05) is 0 Å². The molecule has 2 atom stereocenters. The minimum absolute atomic E-state index is 0.0891. The molecule has 2 aliphatic rings. The van der Waals surface area contributed by atoms with Crippen LogP contribution in [0.1, 0.15) is 40.5 Å². The molecule has 2 rings (SSSR count). The molecule has 2 saturated heterocycles. The van der Waals surface area contributed by atoms with Crippen LogP contribution in [0.3, 0.4) is 0 Å². The zero-order valence-corrected chi connectivity index (χ0v) is 11.5. The summed E-state index contributed by atoms with van der Waals surface area (Å²) in [6.45, 7) is 8.30. The zero-order valence-electron chi connectivity index (χ0n) is 10.7. The van der Waals surface area contributed by atoms with E-state index < -0.39 is 0 Å². The minimum Gasteiger partial charge on any atom is -0.369 e. The number of carbonyl (C=O) groups is 1. The Morgan fingerprint density at radius 1 is 1.31 bits per heavy atom. The summed E-state index contributed by atoms with van der Waals surface area (Å²) < 4.78 is 6.00. The fourth-order valence-electron chi connectivity index (χ4n) is 3.05. The van der Waals surface area contributed by atoms with Gasteiger partial charge in [-0.25, -0.2) is 0 Å². The Bertz CT molecular complexity index is 290. The summed E-state index contributed by atoms with van der Waals surface area (Å²) in [6, 6.07) is 0. The number of rotatable bonds is 2. The summed E-state index contributed by atoms with van der Waals surface area (Å²) >= 11 is 1.91. The van der Waals surface area contributed by atoms with Gasteiger partial charge in [0, 0.05) is 17.6 Å². The second-order valence-electron chi connectivity index (χ2n) is 6.18. The van der Waals surface area contributed by atoms with E-state index in [2.05, 4.69) is 27.7 Å². The molecular weight excluding hydrogens is 220 g/mol. The number of carbonyl (C=O) groups excluding carboxylic acids is 1. The first-order chi connectivity index (χ1) is 7.32. The van der Waals surface area contributed by atoms with Gasteiger partial charge >= 0.3 is 0 Å². The SMILES string of the molecule is CC1(C)CC(C(=O)C2CCSC2)C(C)(C)O1. The molecule has 0 amide bonds. The molecule has 2 aliphatic heterocycles.